The highest BCUT2D eigenvalue weighted by Gasteiger charge is 2.45. The number of fused-ring (bicyclic) bond motifs is 2. The molecule has 0 saturated heterocycles. The Morgan fingerprint density at radius 1 is 0.973 bits per heavy atom. The van der Waals surface area contributed by atoms with Crippen molar-refractivity contribution in [2.24, 2.45) is 0 Å². The molecule has 8 heteroatoms. The van der Waals surface area contributed by atoms with E-state index in [1.807, 2.05) is 68.4 Å². The molecule has 0 unspecified atom stereocenters. The van der Waals surface area contributed by atoms with Crippen LogP contribution in [-0.4, -0.2) is 16.1 Å². The number of para-hydroxylation sites is 1. The molecule has 1 atom stereocenters. The Bertz CT molecular complexity index is 1680. The van der Waals surface area contributed by atoms with Gasteiger partial charge in [-0.3, -0.25) is 14.5 Å². The Labute approximate surface area is 217 Å². The fourth-order valence-corrected chi connectivity index (χ4v) is 5.38. The molecule has 0 aliphatic carbocycles. The third-order valence-electron chi connectivity index (χ3n) is 6.33. The highest BCUT2D eigenvalue weighted by atomic mass is 32.1. The van der Waals surface area contributed by atoms with Gasteiger partial charge in [-0.15, -0.1) is 10.2 Å². The van der Waals surface area contributed by atoms with E-state index in [0.717, 1.165) is 16.1 Å². The second-order valence-corrected chi connectivity index (χ2v) is 10.2. The molecule has 1 amide bonds. The summed E-state index contributed by atoms with van der Waals surface area (Å²) in [6, 6.07) is 23.6. The number of hydrogen-bond acceptors (Lipinski definition) is 7. The highest BCUT2D eigenvalue weighted by Crippen LogP contribution is 2.43. The van der Waals surface area contributed by atoms with Crippen LogP contribution in [0.3, 0.4) is 0 Å². The smallest absolute Gasteiger partial charge is 0.297 e. The Balaban J connectivity index is 1.48. The Hall–Kier alpha value is -4.30. The molecule has 184 valence electrons. The average molecular weight is 510 g/mol. The fraction of sp³-hybridized carbons (Fsp3) is 0.172. The Morgan fingerprint density at radius 3 is 2.54 bits per heavy atom. The molecule has 37 heavy (non-hydrogen) atoms. The first-order valence-corrected chi connectivity index (χ1v) is 12.8. The van der Waals surface area contributed by atoms with Gasteiger partial charge in [0.2, 0.25) is 10.9 Å². The van der Waals surface area contributed by atoms with Crippen molar-refractivity contribution in [2.75, 3.05) is 4.90 Å². The van der Waals surface area contributed by atoms with E-state index < -0.39 is 11.9 Å². The molecule has 0 bridgehead atoms. The quantitative estimate of drug-likeness (QED) is 0.275. The molecule has 1 aliphatic heterocycles. The average Bonchev–Trinajstić information content (AvgIpc) is 3.52. The van der Waals surface area contributed by atoms with E-state index in [1.54, 1.807) is 24.3 Å². The summed E-state index contributed by atoms with van der Waals surface area (Å²) < 4.78 is 12.1. The molecule has 2 aromatic heterocycles. The summed E-state index contributed by atoms with van der Waals surface area (Å²) >= 11 is 1.34. The summed E-state index contributed by atoms with van der Waals surface area (Å²) in [6.45, 7) is 4.44. The van der Waals surface area contributed by atoms with Crippen LogP contribution in [-0.2, 0) is 6.61 Å². The minimum absolute atomic E-state index is 0.0330. The monoisotopic (exact) mass is 509 g/mol. The van der Waals surface area contributed by atoms with E-state index in [2.05, 4.69) is 10.2 Å². The molecule has 1 aliphatic rings. The van der Waals surface area contributed by atoms with Gasteiger partial charge in [-0.25, -0.2) is 0 Å². The number of carbonyl (C=O) groups excluding carboxylic acids is 1. The maximum Gasteiger partial charge on any atom is 0.297 e. The van der Waals surface area contributed by atoms with Crippen LogP contribution in [0.5, 0.6) is 5.75 Å². The number of aromatic nitrogens is 2. The second kappa shape index (κ2) is 9.29. The third-order valence-corrected chi connectivity index (χ3v) is 7.55. The van der Waals surface area contributed by atoms with Gasteiger partial charge in [0.1, 0.15) is 22.9 Å². The van der Waals surface area contributed by atoms with E-state index in [-0.39, 0.29) is 17.1 Å². The van der Waals surface area contributed by atoms with Crippen molar-refractivity contribution in [3.8, 4) is 5.75 Å². The van der Waals surface area contributed by atoms with Gasteiger partial charge in [-0.2, -0.15) is 0 Å². The largest absolute Gasteiger partial charge is 0.489 e. The van der Waals surface area contributed by atoms with Crippen LogP contribution in [0.1, 0.15) is 58.1 Å². The Kier molecular flexibility index (Phi) is 5.81. The Morgan fingerprint density at radius 2 is 1.76 bits per heavy atom. The standard InChI is InChI=1S/C29H23N3O4S/c1-17(2)27-30-31-29(37-27)32-24(19-11-8-12-20(15-19)35-16-18-9-4-3-5-10-18)23-25(33)21-13-6-7-14-22(21)36-26(23)28(32)34/h3-15,17,24H,16H2,1-2H3/t24-/m0/s1. The third kappa shape index (κ3) is 4.09. The first kappa shape index (κ1) is 23.1. The van der Waals surface area contributed by atoms with E-state index in [4.69, 9.17) is 9.15 Å². The molecule has 3 heterocycles. The molecule has 0 spiro atoms. The summed E-state index contributed by atoms with van der Waals surface area (Å²) in [6.07, 6.45) is 0. The number of ether oxygens (including phenoxy) is 1. The maximum atomic E-state index is 13.8. The van der Waals surface area contributed by atoms with Crippen LogP contribution < -0.4 is 15.1 Å². The van der Waals surface area contributed by atoms with Crippen LogP contribution in [0.4, 0.5) is 5.13 Å². The van der Waals surface area contributed by atoms with Crippen LogP contribution in [0.25, 0.3) is 11.0 Å². The van der Waals surface area contributed by atoms with Crippen molar-refractivity contribution in [3.05, 3.63) is 117 Å². The van der Waals surface area contributed by atoms with Crippen LogP contribution in [0.15, 0.2) is 88.1 Å². The lowest BCUT2D eigenvalue weighted by atomic mass is 9.98. The number of hydrogen-bond donors (Lipinski definition) is 0. The van der Waals surface area contributed by atoms with Gasteiger partial charge in [-0.1, -0.05) is 79.8 Å². The minimum atomic E-state index is -0.725. The number of amides is 1. The summed E-state index contributed by atoms with van der Waals surface area (Å²) in [5, 5.41) is 10.3. The zero-order valence-corrected chi connectivity index (χ0v) is 21.1. The van der Waals surface area contributed by atoms with E-state index in [1.165, 1.54) is 16.2 Å². The maximum absolute atomic E-state index is 13.8. The molecule has 0 N–H and O–H groups in total. The molecule has 6 rings (SSSR count). The predicted molar refractivity (Wildman–Crippen MR) is 142 cm³/mol. The fourth-order valence-electron chi connectivity index (χ4n) is 4.50. The van der Waals surface area contributed by atoms with Gasteiger partial charge in [-0.05, 0) is 35.4 Å². The van der Waals surface area contributed by atoms with E-state index >= 15 is 0 Å². The molecule has 0 radical (unpaired) electrons. The van der Waals surface area contributed by atoms with Crippen LogP contribution >= 0.6 is 11.3 Å². The topological polar surface area (TPSA) is 85.5 Å². The zero-order chi connectivity index (χ0) is 25.5. The van der Waals surface area contributed by atoms with E-state index in [0.29, 0.717) is 34.0 Å². The number of carbonyl (C=O) groups is 1. The van der Waals surface area contributed by atoms with Gasteiger partial charge in [0.05, 0.1) is 17.0 Å². The summed E-state index contributed by atoms with van der Waals surface area (Å²) in [5.74, 6) is 0.407. The SMILES string of the molecule is CC(C)c1nnc(N2C(=O)c3oc4ccccc4c(=O)c3[C@@H]2c2cccc(OCc3ccccc3)c2)s1. The van der Waals surface area contributed by atoms with Crippen molar-refractivity contribution >= 4 is 33.3 Å². The number of rotatable bonds is 6. The summed E-state index contributed by atoms with van der Waals surface area (Å²) in [7, 11) is 0. The first-order valence-electron chi connectivity index (χ1n) is 12.0. The van der Waals surface area contributed by atoms with Crippen LogP contribution in [0.2, 0.25) is 0 Å². The van der Waals surface area contributed by atoms with Gasteiger partial charge in [0.15, 0.2) is 5.43 Å². The molecular weight excluding hydrogens is 486 g/mol. The van der Waals surface area contributed by atoms with Crippen molar-refractivity contribution in [1.82, 2.24) is 10.2 Å². The predicted octanol–water partition coefficient (Wildman–Crippen LogP) is 6.10. The first-order chi connectivity index (χ1) is 18.0. The van der Waals surface area contributed by atoms with Gasteiger partial charge in [0, 0.05) is 5.92 Å². The lowest BCUT2D eigenvalue weighted by Crippen LogP contribution is -2.29. The van der Waals surface area contributed by atoms with Gasteiger partial charge >= 0.3 is 0 Å². The van der Waals surface area contributed by atoms with Crippen molar-refractivity contribution < 1.29 is 13.9 Å². The summed E-state index contributed by atoms with van der Waals surface area (Å²) in [4.78, 5) is 29.0. The number of nitrogens with zero attached hydrogens (tertiary/aromatic N) is 3. The number of anilines is 1. The summed E-state index contributed by atoms with van der Waals surface area (Å²) in [5.41, 5.74) is 2.20. The molecule has 7 nitrogen and oxygen atoms in total. The van der Waals surface area contributed by atoms with Gasteiger partial charge < -0.3 is 9.15 Å². The normalized spacial score (nSPS) is 14.9. The lowest BCUT2D eigenvalue weighted by molar-refractivity contribution is 0.0970. The highest BCUT2D eigenvalue weighted by molar-refractivity contribution is 7.15. The zero-order valence-electron chi connectivity index (χ0n) is 20.3. The van der Waals surface area contributed by atoms with Crippen LogP contribution in [0, 0.1) is 0 Å². The number of benzene rings is 3. The molecular formula is C29H23N3O4S. The van der Waals surface area contributed by atoms with Crippen molar-refractivity contribution in [2.45, 2.75) is 32.4 Å². The van der Waals surface area contributed by atoms with E-state index in [9.17, 15) is 9.59 Å². The van der Waals surface area contributed by atoms with Crippen molar-refractivity contribution in [1.29, 1.82) is 0 Å². The molecule has 0 saturated carbocycles. The lowest BCUT2D eigenvalue weighted by Gasteiger charge is -2.22. The molecule has 5 aromatic rings. The molecule has 0 fully saturated rings. The second-order valence-electron chi connectivity index (χ2n) is 9.17. The molecule has 3 aromatic carbocycles. The minimum Gasteiger partial charge on any atom is -0.489 e. The van der Waals surface area contributed by atoms with Crippen molar-refractivity contribution in [3.63, 3.8) is 0 Å². The van der Waals surface area contributed by atoms with Gasteiger partial charge in [0.25, 0.3) is 5.91 Å².